The van der Waals surface area contributed by atoms with Crippen LogP contribution in [0.3, 0.4) is 0 Å². The predicted octanol–water partition coefficient (Wildman–Crippen LogP) is 1.73. The molecular formula is C11H11N3O2. The van der Waals surface area contributed by atoms with Crippen molar-refractivity contribution in [3.63, 3.8) is 0 Å². The second-order valence-corrected chi connectivity index (χ2v) is 3.18. The van der Waals surface area contributed by atoms with Crippen molar-refractivity contribution in [3.8, 4) is 0 Å². The van der Waals surface area contributed by atoms with E-state index in [1.807, 2.05) is 30.3 Å². The fraction of sp³-hybridized carbons (Fsp3) is 0.0909. The molecule has 5 nitrogen and oxygen atoms in total. The van der Waals surface area contributed by atoms with Crippen LogP contribution >= 0.6 is 0 Å². The van der Waals surface area contributed by atoms with Gasteiger partial charge in [-0.05, 0) is 12.1 Å². The summed E-state index contributed by atoms with van der Waals surface area (Å²) in [5, 5.41) is 9.11. The van der Waals surface area contributed by atoms with Crippen molar-refractivity contribution in [2.24, 2.45) is 0 Å². The second-order valence-electron chi connectivity index (χ2n) is 3.18. The summed E-state index contributed by atoms with van der Waals surface area (Å²) in [6, 6.07) is 9.52. The van der Waals surface area contributed by atoms with Gasteiger partial charge in [-0.25, -0.2) is 0 Å². The van der Waals surface area contributed by atoms with Crippen molar-refractivity contribution in [1.29, 1.82) is 0 Å². The Kier molecular flexibility index (Phi) is 3.18. The minimum atomic E-state index is -0.146. The predicted molar refractivity (Wildman–Crippen MR) is 60.1 cm³/mol. The maximum atomic E-state index is 11.4. The fourth-order valence-corrected chi connectivity index (χ4v) is 1.21. The number of aromatic nitrogens is 1. The quantitative estimate of drug-likeness (QED) is 0.818. The van der Waals surface area contributed by atoms with Crippen LogP contribution in [-0.4, -0.2) is 17.6 Å². The van der Waals surface area contributed by atoms with Crippen molar-refractivity contribution >= 4 is 17.3 Å². The van der Waals surface area contributed by atoms with Crippen molar-refractivity contribution in [3.05, 3.63) is 42.8 Å². The third kappa shape index (κ3) is 2.84. The summed E-state index contributed by atoms with van der Waals surface area (Å²) >= 11 is 0. The van der Waals surface area contributed by atoms with Gasteiger partial charge in [-0.15, -0.1) is 0 Å². The Balaban J connectivity index is 1.80. The number of amides is 1. The van der Waals surface area contributed by atoms with Crippen LogP contribution in [0.15, 0.2) is 47.3 Å². The van der Waals surface area contributed by atoms with E-state index in [1.165, 1.54) is 12.5 Å². The molecule has 0 unspecified atom stereocenters. The molecule has 0 bridgehead atoms. The largest absolute Gasteiger partial charge is 0.376 e. The summed E-state index contributed by atoms with van der Waals surface area (Å²) in [6.07, 6.45) is 2.82. The van der Waals surface area contributed by atoms with E-state index in [0.717, 1.165) is 5.69 Å². The lowest BCUT2D eigenvalue weighted by Crippen LogP contribution is -2.21. The molecule has 5 heteroatoms. The number of carbonyl (C=O) groups excluding carboxylic acids is 1. The minimum Gasteiger partial charge on any atom is -0.376 e. The molecular weight excluding hydrogens is 206 g/mol. The summed E-state index contributed by atoms with van der Waals surface area (Å²) in [5.41, 5.74) is 1.46. The van der Waals surface area contributed by atoms with E-state index in [9.17, 15) is 4.79 Å². The zero-order valence-corrected chi connectivity index (χ0v) is 8.51. The molecule has 2 aromatic rings. The molecule has 0 saturated carbocycles. The molecule has 1 aromatic heterocycles. The Bertz CT molecular complexity index is 440. The number of hydrogen-bond donors (Lipinski definition) is 2. The van der Waals surface area contributed by atoms with E-state index in [-0.39, 0.29) is 12.5 Å². The Hall–Kier alpha value is -2.30. The number of hydrogen-bond acceptors (Lipinski definition) is 4. The number of benzene rings is 1. The van der Waals surface area contributed by atoms with Gasteiger partial charge in [0.25, 0.3) is 0 Å². The summed E-state index contributed by atoms with van der Waals surface area (Å²) < 4.78 is 4.59. The normalized spacial score (nSPS) is 9.75. The zero-order chi connectivity index (χ0) is 11.2. The second kappa shape index (κ2) is 4.97. The van der Waals surface area contributed by atoms with Crippen LogP contribution in [0.5, 0.6) is 0 Å². The highest BCUT2D eigenvalue weighted by molar-refractivity contribution is 5.93. The molecule has 2 rings (SSSR count). The molecule has 0 radical (unpaired) electrons. The van der Waals surface area contributed by atoms with Crippen LogP contribution in [0.1, 0.15) is 0 Å². The smallest absolute Gasteiger partial charge is 0.243 e. The van der Waals surface area contributed by atoms with Crippen molar-refractivity contribution in [2.45, 2.75) is 0 Å². The fourth-order valence-electron chi connectivity index (χ4n) is 1.21. The van der Waals surface area contributed by atoms with Crippen LogP contribution in [0.25, 0.3) is 0 Å². The van der Waals surface area contributed by atoms with Crippen LogP contribution in [0, 0.1) is 0 Å². The summed E-state index contributed by atoms with van der Waals surface area (Å²) in [6.45, 7) is 0.204. The van der Waals surface area contributed by atoms with Gasteiger partial charge < -0.3 is 15.2 Å². The highest BCUT2D eigenvalue weighted by atomic mass is 16.5. The van der Waals surface area contributed by atoms with Crippen molar-refractivity contribution in [2.75, 3.05) is 17.2 Å². The molecule has 0 aliphatic carbocycles. The SMILES string of the molecule is O=C(CNc1ccccc1)Nc1cnoc1. The first-order chi connectivity index (χ1) is 7.84. The molecule has 16 heavy (non-hydrogen) atoms. The topological polar surface area (TPSA) is 67.2 Å². The van der Waals surface area contributed by atoms with Gasteiger partial charge in [-0.1, -0.05) is 23.4 Å². The molecule has 0 atom stereocenters. The average molecular weight is 217 g/mol. The molecule has 0 aliphatic rings. The monoisotopic (exact) mass is 217 g/mol. The Morgan fingerprint density at radius 1 is 1.25 bits per heavy atom. The van der Waals surface area contributed by atoms with E-state index in [2.05, 4.69) is 20.3 Å². The summed E-state index contributed by atoms with van der Waals surface area (Å²) in [4.78, 5) is 11.4. The lowest BCUT2D eigenvalue weighted by atomic mass is 10.3. The maximum absolute atomic E-state index is 11.4. The Morgan fingerprint density at radius 2 is 2.06 bits per heavy atom. The molecule has 1 aromatic carbocycles. The third-order valence-electron chi connectivity index (χ3n) is 1.94. The molecule has 0 aliphatic heterocycles. The van der Waals surface area contributed by atoms with Crippen molar-refractivity contribution < 1.29 is 9.32 Å². The summed E-state index contributed by atoms with van der Waals surface area (Å²) in [5.74, 6) is -0.146. The lowest BCUT2D eigenvalue weighted by Gasteiger charge is -2.05. The van der Waals surface area contributed by atoms with Crippen LogP contribution < -0.4 is 10.6 Å². The van der Waals surface area contributed by atoms with Gasteiger partial charge in [0.1, 0.15) is 12.0 Å². The number of anilines is 2. The van der Waals surface area contributed by atoms with Gasteiger partial charge in [0.2, 0.25) is 5.91 Å². The van der Waals surface area contributed by atoms with Crippen LogP contribution in [0.4, 0.5) is 11.4 Å². The third-order valence-corrected chi connectivity index (χ3v) is 1.94. The Morgan fingerprint density at radius 3 is 2.75 bits per heavy atom. The Labute approximate surface area is 92.4 Å². The molecule has 82 valence electrons. The number of nitrogens with one attached hydrogen (secondary N) is 2. The van der Waals surface area contributed by atoms with Gasteiger partial charge >= 0.3 is 0 Å². The standard InChI is InChI=1S/C11H11N3O2/c15-11(14-10-6-13-16-8-10)7-12-9-4-2-1-3-5-9/h1-6,8,12H,7H2,(H,14,15). The molecule has 2 N–H and O–H groups in total. The van der Waals surface area contributed by atoms with Gasteiger partial charge in [0.05, 0.1) is 12.7 Å². The molecule has 0 spiro atoms. The van der Waals surface area contributed by atoms with E-state index in [4.69, 9.17) is 0 Å². The number of carbonyl (C=O) groups is 1. The highest BCUT2D eigenvalue weighted by Crippen LogP contribution is 2.05. The van der Waals surface area contributed by atoms with E-state index < -0.39 is 0 Å². The number of rotatable bonds is 4. The van der Waals surface area contributed by atoms with Crippen LogP contribution in [-0.2, 0) is 4.79 Å². The minimum absolute atomic E-state index is 0.146. The van der Waals surface area contributed by atoms with Crippen LogP contribution in [0.2, 0.25) is 0 Å². The van der Waals surface area contributed by atoms with Gasteiger partial charge in [-0.2, -0.15) is 0 Å². The van der Waals surface area contributed by atoms with Gasteiger partial charge in [0.15, 0.2) is 0 Å². The zero-order valence-electron chi connectivity index (χ0n) is 8.51. The van der Waals surface area contributed by atoms with Gasteiger partial charge in [0, 0.05) is 5.69 Å². The van der Waals surface area contributed by atoms with E-state index in [0.29, 0.717) is 5.69 Å². The first-order valence-corrected chi connectivity index (χ1v) is 4.83. The van der Waals surface area contributed by atoms with Crippen molar-refractivity contribution in [1.82, 2.24) is 5.16 Å². The maximum Gasteiger partial charge on any atom is 0.243 e. The van der Waals surface area contributed by atoms with E-state index >= 15 is 0 Å². The average Bonchev–Trinajstić information content (AvgIpc) is 2.81. The number of para-hydroxylation sites is 1. The lowest BCUT2D eigenvalue weighted by molar-refractivity contribution is -0.114. The first-order valence-electron chi connectivity index (χ1n) is 4.83. The first kappa shape index (κ1) is 10.2. The molecule has 1 amide bonds. The summed E-state index contributed by atoms with van der Waals surface area (Å²) in [7, 11) is 0. The highest BCUT2D eigenvalue weighted by Gasteiger charge is 2.02. The molecule has 1 heterocycles. The molecule has 0 fully saturated rings. The number of nitrogens with zero attached hydrogens (tertiary/aromatic N) is 1. The van der Waals surface area contributed by atoms with Gasteiger partial charge in [-0.3, -0.25) is 4.79 Å². The molecule has 0 saturated heterocycles. The van der Waals surface area contributed by atoms with E-state index in [1.54, 1.807) is 0 Å².